The van der Waals surface area contributed by atoms with E-state index in [0.29, 0.717) is 19.6 Å². The molecule has 0 aliphatic rings. The molecule has 6 heteroatoms. The first-order valence-electron chi connectivity index (χ1n) is 8.56. The van der Waals surface area contributed by atoms with Crippen molar-refractivity contribution in [2.75, 3.05) is 19.6 Å². The van der Waals surface area contributed by atoms with E-state index in [1.807, 2.05) is 33.2 Å². The van der Waals surface area contributed by atoms with Crippen molar-refractivity contribution in [1.82, 2.24) is 19.8 Å². The zero-order chi connectivity index (χ0) is 17.3. The van der Waals surface area contributed by atoms with E-state index in [4.69, 9.17) is 4.74 Å². The Bertz CT molecular complexity index is 465. The third kappa shape index (κ3) is 7.50. The first kappa shape index (κ1) is 19.5. The van der Waals surface area contributed by atoms with E-state index in [2.05, 4.69) is 28.7 Å². The Hall–Kier alpha value is -1.56. The van der Waals surface area contributed by atoms with Crippen LogP contribution in [0.15, 0.2) is 12.4 Å². The lowest BCUT2D eigenvalue weighted by atomic mass is 10.2. The molecule has 0 bridgehead atoms. The van der Waals surface area contributed by atoms with Gasteiger partial charge in [0.15, 0.2) is 0 Å². The van der Waals surface area contributed by atoms with Crippen molar-refractivity contribution < 1.29 is 9.53 Å². The second-order valence-electron chi connectivity index (χ2n) is 6.68. The van der Waals surface area contributed by atoms with E-state index < -0.39 is 5.60 Å². The number of ether oxygens (including phenoxy) is 1. The zero-order valence-electron chi connectivity index (χ0n) is 15.3. The van der Waals surface area contributed by atoms with Crippen LogP contribution in [0.3, 0.4) is 0 Å². The van der Waals surface area contributed by atoms with E-state index in [1.165, 1.54) is 0 Å². The van der Waals surface area contributed by atoms with Crippen LogP contribution in [0.25, 0.3) is 0 Å². The van der Waals surface area contributed by atoms with Gasteiger partial charge in [-0.05, 0) is 33.6 Å². The number of aryl methyl sites for hydroxylation is 1. The fourth-order valence-electron chi connectivity index (χ4n) is 2.26. The second-order valence-corrected chi connectivity index (χ2v) is 6.68. The van der Waals surface area contributed by atoms with Crippen LogP contribution in [0.1, 0.15) is 53.3 Å². The maximum atomic E-state index is 12.2. The lowest BCUT2D eigenvalue weighted by Crippen LogP contribution is -2.40. The quantitative estimate of drug-likeness (QED) is 0.709. The number of rotatable bonds is 9. The van der Waals surface area contributed by atoms with Gasteiger partial charge in [0.2, 0.25) is 0 Å². The molecule has 1 amide bonds. The van der Waals surface area contributed by atoms with Crippen molar-refractivity contribution in [2.24, 2.45) is 0 Å². The van der Waals surface area contributed by atoms with Crippen LogP contribution in [-0.2, 0) is 17.8 Å². The molecular weight excluding hydrogens is 292 g/mol. The van der Waals surface area contributed by atoms with E-state index in [-0.39, 0.29) is 6.09 Å². The van der Waals surface area contributed by atoms with E-state index in [0.717, 1.165) is 31.8 Å². The Morgan fingerprint density at radius 3 is 2.65 bits per heavy atom. The van der Waals surface area contributed by atoms with Crippen LogP contribution in [0.5, 0.6) is 0 Å². The summed E-state index contributed by atoms with van der Waals surface area (Å²) in [7, 11) is 0. The van der Waals surface area contributed by atoms with Gasteiger partial charge in [0, 0.05) is 38.6 Å². The number of nitrogens with zero attached hydrogens (tertiary/aromatic N) is 3. The molecule has 1 N–H and O–H groups in total. The average Bonchev–Trinajstić information content (AvgIpc) is 2.88. The molecule has 0 spiro atoms. The summed E-state index contributed by atoms with van der Waals surface area (Å²) >= 11 is 0. The minimum atomic E-state index is -0.457. The third-order valence-electron chi connectivity index (χ3n) is 3.25. The molecule has 0 aromatic carbocycles. The Balaban J connectivity index is 2.40. The number of carbonyl (C=O) groups is 1. The van der Waals surface area contributed by atoms with Crippen molar-refractivity contribution in [3.63, 3.8) is 0 Å². The maximum Gasteiger partial charge on any atom is 0.410 e. The standard InChI is InChI=1S/C17H32N4O2/c1-6-10-20-13-9-19-15(20)14-18-8-12-21(11-7-2)16(22)23-17(3,4)5/h9,13,18H,6-8,10-12,14H2,1-5H3. The van der Waals surface area contributed by atoms with Gasteiger partial charge < -0.3 is 19.5 Å². The minimum absolute atomic E-state index is 0.242. The summed E-state index contributed by atoms with van der Waals surface area (Å²) in [5.41, 5.74) is -0.457. The summed E-state index contributed by atoms with van der Waals surface area (Å²) in [6, 6.07) is 0. The van der Waals surface area contributed by atoms with E-state index in [9.17, 15) is 4.79 Å². The molecule has 1 rings (SSSR count). The van der Waals surface area contributed by atoms with E-state index >= 15 is 0 Å². The highest BCUT2D eigenvalue weighted by molar-refractivity contribution is 5.68. The van der Waals surface area contributed by atoms with Crippen LogP contribution in [0.2, 0.25) is 0 Å². The molecule has 0 radical (unpaired) electrons. The van der Waals surface area contributed by atoms with Crippen LogP contribution in [-0.4, -0.2) is 45.8 Å². The molecular formula is C17H32N4O2. The highest BCUT2D eigenvalue weighted by Crippen LogP contribution is 2.10. The molecule has 0 fully saturated rings. The largest absolute Gasteiger partial charge is 0.444 e. The molecule has 0 aliphatic carbocycles. The Morgan fingerprint density at radius 2 is 2.04 bits per heavy atom. The SMILES string of the molecule is CCCN(CCNCc1nccn1CCC)C(=O)OC(C)(C)C. The van der Waals surface area contributed by atoms with Gasteiger partial charge in [-0.3, -0.25) is 0 Å². The number of nitrogens with one attached hydrogen (secondary N) is 1. The van der Waals surface area contributed by atoms with Gasteiger partial charge in [0.1, 0.15) is 11.4 Å². The minimum Gasteiger partial charge on any atom is -0.444 e. The third-order valence-corrected chi connectivity index (χ3v) is 3.25. The molecule has 1 heterocycles. The number of amides is 1. The predicted molar refractivity (Wildman–Crippen MR) is 92.3 cm³/mol. The first-order valence-corrected chi connectivity index (χ1v) is 8.56. The number of carbonyl (C=O) groups excluding carboxylic acids is 1. The van der Waals surface area contributed by atoms with Crippen molar-refractivity contribution in [2.45, 2.75) is 66.2 Å². The number of imidazole rings is 1. The number of hydrogen-bond acceptors (Lipinski definition) is 4. The highest BCUT2D eigenvalue weighted by atomic mass is 16.6. The Kier molecular flexibility index (Phi) is 8.09. The molecule has 0 unspecified atom stereocenters. The average molecular weight is 324 g/mol. The molecule has 1 aromatic rings. The molecule has 23 heavy (non-hydrogen) atoms. The smallest absolute Gasteiger partial charge is 0.410 e. The summed E-state index contributed by atoms with van der Waals surface area (Å²) in [6.07, 6.45) is 5.60. The fourth-order valence-corrected chi connectivity index (χ4v) is 2.26. The van der Waals surface area contributed by atoms with Gasteiger partial charge in [0.25, 0.3) is 0 Å². The summed E-state index contributed by atoms with van der Waals surface area (Å²) in [5.74, 6) is 1.03. The molecule has 1 aromatic heterocycles. The fraction of sp³-hybridized carbons (Fsp3) is 0.765. The molecule has 0 saturated carbocycles. The van der Waals surface area contributed by atoms with E-state index in [1.54, 1.807) is 4.90 Å². The molecule has 0 atom stereocenters. The van der Waals surface area contributed by atoms with Gasteiger partial charge in [-0.25, -0.2) is 9.78 Å². The van der Waals surface area contributed by atoms with Gasteiger partial charge >= 0.3 is 6.09 Å². The normalized spacial score (nSPS) is 11.5. The predicted octanol–water partition coefficient (Wildman–Crippen LogP) is 3.03. The van der Waals surface area contributed by atoms with Crippen LogP contribution in [0, 0.1) is 0 Å². The summed E-state index contributed by atoms with van der Waals surface area (Å²) in [6.45, 7) is 13.6. The molecule has 132 valence electrons. The van der Waals surface area contributed by atoms with Gasteiger partial charge in [0.05, 0.1) is 6.54 Å². The summed E-state index contributed by atoms with van der Waals surface area (Å²) in [4.78, 5) is 18.3. The molecule has 0 saturated heterocycles. The Morgan fingerprint density at radius 1 is 1.30 bits per heavy atom. The first-order chi connectivity index (χ1) is 10.9. The van der Waals surface area contributed by atoms with Crippen molar-refractivity contribution >= 4 is 6.09 Å². The van der Waals surface area contributed by atoms with Crippen LogP contribution < -0.4 is 5.32 Å². The highest BCUT2D eigenvalue weighted by Gasteiger charge is 2.21. The van der Waals surface area contributed by atoms with Gasteiger partial charge in [-0.2, -0.15) is 0 Å². The van der Waals surface area contributed by atoms with Crippen LogP contribution in [0.4, 0.5) is 4.79 Å². The molecule has 6 nitrogen and oxygen atoms in total. The summed E-state index contributed by atoms with van der Waals surface area (Å²) < 4.78 is 7.61. The van der Waals surface area contributed by atoms with Crippen molar-refractivity contribution in [3.8, 4) is 0 Å². The van der Waals surface area contributed by atoms with Crippen molar-refractivity contribution in [3.05, 3.63) is 18.2 Å². The lowest BCUT2D eigenvalue weighted by Gasteiger charge is -2.27. The lowest BCUT2D eigenvalue weighted by molar-refractivity contribution is 0.0252. The topological polar surface area (TPSA) is 59.4 Å². The Labute approximate surface area is 140 Å². The molecule has 0 aliphatic heterocycles. The summed E-state index contributed by atoms with van der Waals surface area (Å²) in [5, 5.41) is 3.36. The maximum absolute atomic E-state index is 12.2. The monoisotopic (exact) mass is 324 g/mol. The number of hydrogen-bond donors (Lipinski definition) is 1. The van der Waals surface area contributed by atoms with Crippen LogP contribution >= 0.6 is 0 Å². The van der Waals surface area contributed by atoms with Gasteiger partial charge in [-0.1, -0.05) is 13.8 Å². The zero-order valence-corrected chi connectivity index (χ0v) is 15.3. The number of aromatic nitrogens is 2. The van der Waals surface area contributed by atoms with Crippen molar-refractivity contribution in [1.29, 1.82) is 0 Å². The second kappa shape index (κ2) is 9.55. The van der Waals surface area contributed by atoms with Gasteiger partial charge in [-0.15, -0.1) is 0 Å².